The van der Waals surface area contributed by atoms with Gasteiger partial charge in [0.1, 0.15) is 0 Å². The Labute approximate surface area is 175 Å². The normalized spacial score (nSPS) is 15.9. The van der Waals surface area contributed by atoms with Crippen molar-refractivity contribution in [1.29, 1.82) is 0 Å². The maximum Gasteiger partial charge on any atom is 0.328 e. The highest BCUT2D eigenvalue weighted by Crippen LogP contribution is 2.30. The molecule has 0 radical (unpaired) electrons. The standard InChI is InChI=1S/C23H24N4O3/c28-21(29)10-8-16-7-9-20-17(14-16)5-2-13-27(20)22(30)18-4-1-6-19(15-18)26-23-24-11-3-12-25-23/h1,4,6-10,14-15H,2-3,5,11-13H2,(H,28,29)(H2,24,25,26). The number of rotatable bonds is 4. The molecule has 2 aliphatic rings. The van der Waals surface area contributed by atoms with E-state index in [2.05, 4.69) is 15.6 Å². The van der Waals surface area contributed by atoms with Crippen LogP contribution >= 0.6 is 0 Å². The largest absolute Gasteiger partial charge is 0.478 e. The molecule has 0 atom stereocenters. The smallest absolute Gasteiger partial charge is 0.328 e. The molecule has 2 aromatic rings. The van der Waals surface area contributed by atoms with E-state index in [9.17, 15) is 9.59 Å². The van der Waals surface area contributed by atoms with Gasteiger partial charge in [0.25, 0.3) is 5.91 Å². The number of hydrogen-bond donors (Lipinski definition) is 3. The minimum Gasteiger partial charge on any atom is -0.478 e. The zero-order valence-electron chi connectivity index (χ0n) is 16.6. The number of carboxylic acids is 1. The number of aryl methyl sites for hydroxylation is 1. The fourth-order valence-electron chi connectivity index (χ4n) is 3.74. The zero-order chi connectivity index (χ0) is 20.9. The summed E-state index contributed by atoms with van der Waals surface area (Å²) in [5, 5.41) is 15.3. The summed E-state index contributed by atoms with van der Waals surface area (Å²) in [5.41, 5.74) is 4.18. The molecule has 30 heavy (non-hydrogen) atoms. The Morgan fingerprint density at radius 2 is 2.07 bits per heavy atom. The number of hydrogen-bond acceptors (Lipinski definition) is 5. The molecule has 1 amide bonds. The van der Waals surface area contributed by atoms with Gasteiger partial charge in [0.05, 0.1) is 0 Å². The van der Waals surface area contributed by atoms with Crippen molar-refractivity contribution in [3.63, 3.8) is 0 Å². The first-order valence-corrected chi connectivity index (χ1v) is 10.1. The van der Waals surface area contributed by atoms with Crippen molar-refractivity contribution in [2.75, 3.05) is 29.9 Å². The van der Waals surface area contributed by atoms with E-state index in [-0.39, 0.29) is 5.91 Å². The molecule has 0 aromatic heterocycles. The molecule has 0 fully saturated rings. The molecule has 2 aromatic carbocycles. The van der Waals surface area contributed by atoms with Gasteiger partial charge in [-0.1, -0.05) is 12.1 Å². The highest BCUT2D eigenvalue weighted by molar-refractivity contribution is 6.07. The highest BCUT2D eigenvalue weighted by atomic mass is 16.4. The zero-order valence-corrected chi connectivity index (χ0v) is 16.6. The molecule has 0 spiro atoms. The van der Waals surface area contributed by atoms with E-state index >= 15 is 0 Å². The van der Waals surface area contributed by atoms with Crippen LogP contribution in [-0.2, 0) is 11.2 Å². The first kappa shape index (κ1) is 19.7. The van der Waals surface area contributed by atoms with Gasteiger partial charge in [-0.15, -0.1) is 0 Å². The van der Waals surface area contributed by atoms with Gasteiger partial charge < -0.3 is 20.6 Å². The van der Waals surface area contributed by atoms with E-state index in [1.54, 1.807) is 11.0 Å². The van der Waals surface area contributed by atoms with Crippen molar-refractivity contribution in [3.05, 3.63) is 65.2 Å². The Morgan fingerprint density at radius 1 is 1.17 bits per heavy atom. The van der Waals surface area contributed by atoms with E-state index in [0.29, 0.717) is 12.1 Å². The first-order valence-electron chi connectivity index (χ1n) is 10.1. The Morgan fingerprint density at radius 3 is 2.87 bits per heavy atom. The van der Waals surface area contributed by atoms with Crippen LogP contribution in [0.25, 0.3) is 6.08 Å². The fourth-order valence-corrected chi connectivity index (χ4v) is 3.74. The van der Waals surface area contributed by atoms with Gasteiger partial charge in [-0.2, -0.15) is 0 Å². The van der Waals surface area contributed by atoms with Crippen molar-refractivity contribution in [2.45, 2.75) is 19.3 Å². The molecule has 154 valence electrons. The third-order valence-corrected chi connectivity index (χ3v) is 5.16. The van der Waals surface area contributed by atoms with Crippen LogP contribution in [0.4, 0.5) is 11.4 Å². The molecule has 3 N–H and O–H groups in total. The van der Waals surface area contributed by atoms with Gasteiger partial charge in [0.2, 0.25) is 0 Å². The van der Waals surface area contributed by atoms with Gasteiger partial charge >= 0.3 is 5.97 Å². The first-order chi connectivity index (χ1) is 14.6. The van der Waals surface area contributed by atoms with Crippen molar-refractivity contribution in [3.8, 4) is 0 Å². The molecule has 2 aliphatic heterocycles. The molecule has 2 heterocycles. The number of fused-ring (bicyclic) bond motifs is 1. The molecule has 0 saturated heterocycles. The second-order valence-electron chi connectivity index (χ2n) is 7.34. The topological polar surface area (TPSA) is 94.0 Å². The summed E-state index contributed by atoms with van der Waals surface area (Å²) in [6.45, 7) is 2.34. The molecule has 0 bridgehead atoms. The van der Waals surface area contributed by atoms with Gasteiger partial charge in [-0.3, -0.25) is 9.79 Å². The highest BCUT2D eigenvalue weighted by Gasteiger charge is 2.24. The average molecular weight is 404 g/mol. The number of anilines is 2. The number of aliphatic carboxylic acids is 1. The Balaban J connectivity index is 1.55. The van der Waals surface area contributed by atoms with Crippen LogP contribution in [0.3, 0.4) is 0 Å². The van der Waals surface area contributed by atoms with Crippen molar-refractivity contribution in [1.82, 2.24) is 5.32 Å². The summed E-state index contributed by atoms with van der Waals surface area (Å²) in [7, 11) is 0. The predicted octanol–water partition coefficient (Wildman–Crippen LogP) is 3.14. The molecule has 0 unspecified atom stereocenters. The number of carbonyl (C=O) groups excluding carboxylic acids is 1. The van der Waals surface area contributed by atoms with E-state index in [1.165, 1.54) is 0 Å². The number of guanidine groups is 1. The number of aliphatic imine (C=N–C) groups is 1. The van der Waals surface area contributed by atoms with Crippen LogP contribution in [0.15, 0.2) is 53.5 Å². The number of nitrogens with one attached hydrogen (secondary N) is 2. The van der Waals surface area contributed by atoms with E-state index in [1.807, 2.05) is 42.5 Å². The molecule has 0 saturated carbocycles. The quantitative estimate of drug-likeness (QED) is 0.681. The number of carbonyl (C=O) groups is 2. The second-order valence-corrected chi connectivity index (χ2v) is 7.34. The summed E-state index contributed by atoms with van der Waals surface area (Å²) in [4.78, 5) is 30.2. The Kier molecular flexibility index (Phi) is 5.79. The summed E-state index contributed by atoms with van der Waals surface area (Å²) < 4.78 is 0. The number of carboxylic acid groups (broad SMARTS) is 1. The van der Waals surface area contributed by atoms with Crippen molar-refractivity contribution < 1.29 is 14.7 Å². The lowest BCUT2D eigenvalue weighted by atomic mass is 9.98. The van der Waals surface area contributed by atoms with Crippen molar-refractivity contribution in [2.24, 2.45) is 4.99 Å². The van der Waals surface area contributed by atoms with Crippen LogP contribution in [0.2, 0.25) is 0 Å². The summed E-state index contributed by atoms with van der Waals surface area (Å²) in [6.07, 6.45) is 5.44. The van der Waals surface area contributed by atoms with Gasteiger partial charge in [0, 0.05) is 42.6 Å². The van der Waals surface area contributed by atoms with E-state index in [0.717, 1.165) is 66.9 Å². The second kappa shape index (κ2) is 8.82. The van der Waals surface area contributed by atoms with Crippen molar-refractivity contribution >= 4 is 35.3 Å². The van der Waals surface area contributed by atoms with Crippen LogP contribution in [0, 0.1) is 0 Å². The molecule has 7 heteroatoms. The summed E-state index contributed by atoms with van der Waals surface area (Å²) in [5.74, 6) is -0.296. The maximum atomic E-state index is 13.3. The van der Waals surface area contributed by atoms with E-state index in [4.69, 9.17) is 5.11 Å². The lowest BCUT2D eigenvalue weighted by molar-refractivity contribution is -0.131. The number of amides is 1. The van der Waals surface area contributed by atoms with Crippen LogP contribution in [0.1, 0.15) is 34.3 Å². The third-order valence-electron chi connectivity index (χ3n) is 5.16. The number of nitrogens with zero attached hydrogens (tertiary/aromatic N) is 2. The molecule has 4 rings (SSSR count). The number of benzene rings is 2. The lowest BCUT2D eigenvalue weighted by Gasteiger charge is -2.30. The van der Waals surface area contributed by atoms with Gasteiger partial charge in [0.15, 0.2) is 5.96 Å². The molecule has 7 nitrogen and oxygen atoms in total. The Hall–Kier alpha value is -3.61. The molecular formula is C23H24N4O3. The SMILES string of the molecule is O=C(O)C=Cc1ccc2c(c1)CCCN2C(=O)c1cccc(NC2=NCCCN2)c1. The van der Waals surface area contributed by atoms with Crippen LogP contribution in [0.5, 0.6) is 0 Å². The minimum atomic E-state index is -0.979. The molecule has 0 aliphatic carbocycles. The Bertz CT molecular complexity index is 1030. The fraction of sp³-hybridized carbons (Fsp3) is 0.261. The average Bonchev–Trinajstić information content (AvgIpc) is 2.77. The maximum absolute atomic E-state index is 13.3. The third kappa shape index (κ3) is 4.51. The summed E-state index contributed by atoms with van der Waals surface area (Å²) >= 11 is 0. The summed E-state index contributed by atoms with van der Waals surface area (Å²) in [6, 6.07) is 13.1. The van der Waals surface area contributed by atoms with Crippen LogP contribution < -0.4 is 15.5 Å². The molecular weight excluding hydrogens is 380 g/mol. The van der Waals surface area contributed by atoms with Crippen LogP contribution in [-0.4, -0.2) is 42.6 Å². The lowest BCUT2D eigenvalue weighted by Crippen LogP contribution is -2.36. The van der Waals surface area contributed by atoms with E-state index < -0.39 is 5.97 Å². The monoisotopic (exact) mass is 404 g/mol. The minimum absolute atomic E-state index is 0.0491. The van der Waals surface area contributed by atoms with Gasteiger partial charge in [-0.05, 0) is 66.8 Å². The van der Waals surface area contributed by atoms with Gasteiger partial charge in [-0.25, -0.2) is 4.79 Å². The predicted molar refractivity (Wildman–Crippen MR) is 118 cm³/mol.